The summed E-state index contributed by atoms with van der Waals surface area (Å²) in [4.78, 5) is 14.2. The molecule has 1 heterocycles. The van der Waals surface area contributed by atoms with Crippen LogP contribution in [-0.4, -0.2) is 46.7 Å². The van der Waals surface area contributed by atoms with Crippen LogP contribution >= 0.6 is 0 Å². The molecule has 2 aliphatic carbocycles. The first-order valence-electron chi connectivity index (χ1n) is 7.45. The van der Waals surface area contributed by atoms with E-state index < -0.39 is 11.5 Å². The fraction of sp³-hybridized carbons (Fsp3) is 0.929. The number of aliphatic carboxylic acids is 1. The average molecular weight is 252 g/mol. The molecule has 0 aromatic carbocycles. The first-order chi connectivity index (χ1) is 8.70. The number of hydrogen-bond donors (Lipinski definition) is 2. The standard InChI is InChI=1S/C14H24N2O2/c17-13(18)14(15-11-5-6-11)7-3-4-12(10-14)16-8-1-2-9-16/h11-12,15H,1-10H2,(H,17,18). The molecule has 1 saturated heterocycles. The Labute approximate surface area is 109 Å². The minimum absolute atomic E-state index is 0.471. The van der Waals surface area contributed by atoms with Crippen LogP contribution in [0, 0.1) is 0 Å². The van der Waals surface area contributed by atoms with Crippen LogP contribution in [0.2, 0.25) is 0 Å². The lowest BCUT2D eigenvalue weighted by Crippen LogP contribution is -2.58. The lowest BCUT2D eigenvalue weighted by molar-refractivity contribution is -0.147. The summed E-state index contributed by atoms with van der Waals surface area (Å²) in [5, 5.41) is 13.1. The Morgan fingerprint density at radius 3 is 2.50 bits per heavy atom. The number of likely N-dealkylation sites (tertiary alicyclic amines) is 1. The zero-order valence-electron chi connectivity index (χ0n) is 11.0. The SMILES string of the molecule is O=C(O)C1(NC2CC2)CCCC(N2CCCC2)C1. The van der Waals surface area contributed by atoms with Crippen LogP contribution < -0.4 is 5.32 Å². The highest BCUT2D eigenvalue weighted by Crippen LogP contribution is 2.35. The summed E-state index contributed by atoms with van der Waals surface area (Å²) in [7, 11) is 0. The third-order valence-corrected chi connectivity index (χ3v) is 4.85. The van der Waals surface area contributed by atoms with Gasteiger partial charge >= 0.3 is 5.97 Å². The number of carboxylic acids is 1. The Bertz CT molecular complexity index is 324. The molecule has 1 aliphatic heterocycles. The van der Waals surface area contributed by atoms with Crippen molar-refractivity contribution in [1.29, 1.82) is 0 Å². The molecule has 102 valence electrons. The molecule has 2 saturated carbocycles. The highest BCUT2D eigenvalue weighted by Gasteiger charge is 2.47. The van der Waals surface area contributed by atoms with E-state index >= 15 is 0 Å². The fourth-order valence-electron chi connectivity index (χ4n) is 3.67. The molecule has 3 fully saturated rings. The lowest BCUT2D eigenvalue weighted by atomic mass is 9.78. The second-order valence-corrected chi connectivity index (χ2v) is 6.30. The van der Waals surface area contributed by atoms with Crippen molar-refractivity contribution in [3.8, 4) is 0 Å². The summed E-state index contributed by atoms with van der Waals surface area (Å²) in [6, 6.07) is 0.960. The molecule has 3 aliphatic rings. The Hall–Kier alpha value is -0.610. The second kappa shape index (κ2) is 4.82. The predicted molar refractivity (Wildman–Crippen MR) is 69.6 cm³/mol. The monoisotopic (exact) mass is 252 g/mol. The summed E-state index contributed by atoms with van der Waals surface area (Å²) in [5.41, 5.74) is -0.632. The van der Waals surface area contributed by atoms with Gasteiger partial charge in [0.1, 0.15) is 5.54 Å². The number of nitrogens with zero attached hydrogens (tertiary/aromatic N) is 1. The van der Waals surface area contributed by atoms with E-state index in [1.165, 1.54) is 32.4 Å². The van der Waals surface area contributed by atoms with Crippen molar-refractivity contribution in [3.05, 3.63) is 0 Å². The molecule has 0 bridgehead atoms. The van der Waals surface area contributed by atoms with Crippen molar-refractivity contribution < 1.29 is 9.90 Å². The van der Waals surface area contributed by atoms with Crippen LogP contribution in [0.1, 0.15) is 51.4 Å². The molecule has 4 heteroatoms. The predicted octanol–water partition coefficient (Wildman–Crippen LogP) is 1.60. The quantitative estimate of drug-likeness (QED) is 0.798. The minimum Gasteiger partial charge on any atom is -0.480 e. The van der Waals surface area contributed by atoms with E-state index in [1.807, 2.05) is 0 Å². The topological polar surface area (TPSA) is 52.6 Å². The number of carboxylic acid groups (broad SMARTS) is 1. The maximum absolute atomic E-state index is 11.7. The van der Waals surface area contributed by atoms with Crippen LogP contribution in [-0.2, 0) is 4.79 Å². The third kappa shape index (κ3) is 2.41. The Morgan fingerprint density at radius 2 is 1.89 bits per heavy atom. The highest BCUT2D eigenvalue weighted by molar-refractivity contribution is 5.79. The Kier molecular flexibility index (Phi) is 3.32. The largest absolute Gasteiger partial charge is 0.480 e. The molecule has 2 unspecified atom stereocenters. The molecule has 0 aromatic heterocycles. The molecule has 2 N–H and O–H groups in total. The third-order valence-electron chi connectivity index (χ3n) is 4.85. The molecule has 4 nitrogen and oxygen atoms in total. The fourth-order valence-corrected chi connectivity index (χ4v) is 3.67. The van der Waals surface area contributed by atoms with Gasteiger partial charge in [0.25, 0.3) is 0 Å². The maximum atomic E-state index is 11.7. The van der Waals surface area contributed by atoms with Gasteiger partial charge in [0.2, 0.25) is 0 Å². The van der Waals surface area contributed by atoms with Gasteiger partial charge in [0.15, 0.2) is 0 Å². The van der Waals surface area contributed by atoms with E-state index in [9.17, 15) is 9.90 Å². The molecule has 0 aromatic rings. The van der Waals surface area contributed by atoms with Crippen molar-refractivity contribution >= 4 is 5.97 Å². The van der Waals surface area contributed by atoms with Crippen molar-refractivity contribution in [2.45, 2.75) is 69.0 Å². The smallest absolute Gasteiger partial charge is 0.323 e. The summed E-state index contributed by atoms with van der Waals surface area (Å²) in [6.07, 6.45) is 8.72. The Balaban J connectivity index is 1.70. The highest BCUT2D eigenvalue weighted by atomic mass is 16.4. The summed E-state index contributed by atoms with van der Waals surface area (Å²) >= 11 is 0. The maximum Gasteiger partial charge on any atom is 0.323 e. The Morgan fingerprint density at radius 1 is 1.17 bits per heavy atom. The van der Waals surface area contributed by atoms with Crippen LogP contribution in [0.25, 0.3) is 0 Å². The molecular weight excluding hydrogens is 228 g/mol. The van der Waals surface area contributed by atoms with Crippen LogP contribution in [0.5, 0.6) is 0 Å². The van der Waals surface area contributed by atoms with Crippen molar-refractivity contribution in [2.24, 2.45) is 0 Å². The van der Waals surface area contributed by atoms with Gasteiger partial charge in [-0.05, 0) is 64.5 Å². The van der Waals surface area contributed by atoms with E-state index in [-0.39, 0.29) is 0 Å². The molecule has 3 rings (SSSR count). The summed E-state index contributed by atoms with van der Waals surface area (Å²) in [5.74, 6) is -0.627. The van der Waals surface area contributed by atoms with Crippen molar-refractivity contribution in [2.75, 3.05) is 13.1 Å². The normalized spacial score (nSPS) is 37.9. The van der Waals surface area contributed by atoms with E-state index in [2.05, 4.69) is 10.2 Å². The molecule has 2 atom stereocenters. The zero-order chi connectivity index (χ0) is 12.6. The van der Waals surface area contributed by atoms with Gasteiger partial charge in [0.05, 0.1) is 0 Å². The van der Waals surface area contributed by atoms with Crippen molar-refractivity contribution in [3.63, 3.8) is 0 Å². The van der Waals surface area contributed by atoms with E-state index in [1.54, 1.807) is 0 Å². The van der Waals surface area contributed by atoms with Gasteiger partial charge in [0, 0.05) is 12.1 Å². The number of nitrogens with one attached hydrogen (secondary N) is 1. The van der Waals surface area contributed by atoms with Crippen LogP contribution in [0.3, 0.4) is 0 Å². The van der Waals surface area contributed by atoms with Crippen LogP contribution in [0.4, 0.5) is 0 Å². The molecule has 0 radical (unpaired) electrons. The van der Waals surface area contributed by atoms with E-state index in [4.69, 9.17) is 0 Å². The first-order valence-corrected chi connectivity index (χ1v) is 7.45. The van der Waals surface area contributed by atoms with Crippen LogP contribution in [0.15, 0.2) is 0 Å². The molecular formula is C14H24N2O2. The average Bonchev–Trinajstić information content (AvgIpc) is 3.00. The van der Waals surface area contributed by atoms with Gasteiger partial charge in [-0.25, -0.2) is 0 Å². The van der Waals surface area contributed by atoms with Gasteiger partial charge < -0.3 is 10.0 Å². The van der Waals surface area contributed by atoms with Gasteiger partial charge in [-0.2, -0.15) is 0 Å². The van der Waals surface area contributed by atoms with Gasteiger partial charge in [-0.3, -0.25) is 10.1 Å². The summed E-state index contributed by atoms with van der Waals surface area (Å²) in [6.45, 7) is 2.34. The lowest BCUT2D eigenvalue weighted by Gasteiger charge is -2.42. The number of rotatable bonds is 4. The molecule has 18 heavy (non-hydrogen) atoms. The zero-order valence-corrected chi connectivity index (χ0v) is 11.0. The number of carbonyl (C=O) groups is 1. The van der Waals surface area contributed by atoms with Gasteiger partial charge in [-0.15, -0.1) is 0 Å². The molecule has 0 spiro atoms. The van der Waals surface area contributed by atoms with Crippen molar-refractivity contribution in [1.82, 2.24) is 10.2 Å². The first kappa shape index (κ1) is 12.4. The molecule has 0 amide bonds. The minimum atomic E-state index is -0.632. The van der Waals surface area contributed by atoms with E-state index in [0.29, 0.717) is 12.1 Å². The summed E-state index contributed by atoms with van der Waals surface area (Å²) < 4.78 is 0. The second-order valence-electron chi connectivity index (χ2n) is 6.30. The number of hydrogen-bond acceptors (Lipinski definition) is 3. The van der Waals surface area contributed by atoms with E-state index in [0.717, 1.165) is 32.1 Å². The van der Waals surface area contributed by atoms with Gasteiger partial charge in [-0.1, -0.05) is 0 Å².